The van der Waals surface area contributed by atoms with Gasteiger partial charge in [0.1, 0.15) is 0 Å². The van der Waals surface area contributed by atoms with Crippen molar-refractivity contribution in [2.45, 2.75) is 6.92 Å². The number of aliphatic carboxylic acids is 1. The maximum atomic E-state index is 8.89. The fourth-order valence-corrected chi connectivity index (χ4v) is 0. The van der Waals surface area contributed by atoms with Crippen molar-refractivity contribution in [3.8, 4) is 0 Å². The minimum absolute atomic E-state index is 0. The second kappa shape index (κ2) is 58.3. The van der Waals surface area contributed by atoms with Gasteiger partial charge < -0.3 is 45.9 Å². The van der Waals surface area contributed by atoms with Crippen molar-refractivity contribution < 1.29 is 37.0 Å². The Bertz CT molecular complexity index is 82.2. The van der Waals surface area contributed by atoms with Crippen LogP contribution in [0.25, 0.3) is 30.8 Å². The molecule has 0 unspecified atom stereocenters. The number of hydrogen-bond donors (Lipinski definition) is 1. The molecule has 94 valence electrons. The Labute approximate surface area is 91.5 Å². The molecule has 14 heavy (non-hydrogen) atoms. The molecule has 0 aliphatic rings. The topological polar surface area (TPSA) is 271 Å². The van der Waals surface area contributed by atoms with Gasteiger partial charge in [0.05, 0.1) is 0 Å². The van der Waals surface area contributed by atoms with Crippen LogP contribution >= 0.6 is 0 Å². The van der Waals surface area contributed by atoms with Crippen molar-refractivity contribution in [1.82, 2.24) is 0 Å². The molecule has 11 nitrogen and oxygen atoms in total. The van der Waals surface area contributed by atoms with Crippen LogP contribution in [-0.2, 0) is 21.6 Å². The van der Waals surface area contributed by atoms with Gasteiger partial charge in [0.15, 0.2) is 0 Å². The summed E-state index contributed by atoms with van der Waals surface area (Å²) in [5.41, 5.74) is 0. The second-order valence-corrected chi connectivity index (χ2v) is 0.729. The Hall–Kier alpha value is -1.02. The smallest absolute Gasteiger partial charge is 0.693 e. The van der Waals surface area contributed by atoms with Gasteiger partial charge in [-0.1, -0.05) is 0 Å². The Morgan fingerprint density at radius 3 is 1.14 bits per heavy atom. The fraction of sp³-hybridized carbons (Fsp3) is 0.500. The summed E-state index contributed by atoms with van der Waals surface area (Å²) in [6, 6.07) is 0. The fourth-order valence-electron chi connectivity index (χ4n) is 0. The van der Waals surface area contributed by atoms with E-state index < -0.39 is 11.1 Å². The third kappa shape index (κ3) is 1040. The molecular weight excluding hydrogens is 247 g/mol. The van der Waals surface area contributed by atoms with E-state index in [-0.39, 0.29) is 47.5 Å². The van der Waals surface area contributed by atoms with Gasteiger partial charge in [-0.2, -0.15) is 0 Å². The molecule has 0 saturated carbocycles. The zero-order valence-corrected chi connectivity index (χ0v) is 8.29. The minimum Gasteiger partial charge on any atom is -0.693 e. The summed E-state index contributed by atoms with van der Waals surface area (Å²) in [5, 5.41) is 22.5. The van der Waals surface area contributed by atoms with Gasteiger partial charge >= 0.3 is 16.8 Å². The average Bonchev–Trinajstić information content (AvgIpc) is 1.25. The summed E-state index contributed by atoms with van der Waals surface area (Å²) in [7, 11) is 0. The first-order chi connectivity index (χ1) is 3.46. The standard InChI is InChI=1S/C2H4O2.Co.HNO3.5H2N/c1-2(3)4;;2-1(3)4;;;;;/h1H3,(H,3,4);;(H,2,3,4);5*1H2/q;+3;;5*-1/p-1. The predicted octanol–water partition coefficient (Wildman–Crippen LogP) is 1.99. The molecule has 0 rings (SSSR count). The van der Waals surface area contributed by atoms with E-state index in [0.29, 0.717) is 0 Å². The first-order valence-electron chi connectivity index (χ1n) is 1.47. The number of carboxylic acid groups (broad SMARTS) is 1. The average molecular weight is 261 g/mol. The Kier molecular flexibility index (Phi) is 313. The molecule has 0 aliphatic heterocycles. The van der Waals surface area contributed by atoms with Crippen molar-refractivity contribution in [3.05, 3.63) is 40.9 Å². The van der Waals surface area contributed by atoms with Gasteiger partial charge in [-0.25, -0.2) is 0 Å². The molecular formula is C2H14CoN6O5-3. The number of carbonyl (C=O) groups excluding carboxylic acids is 1. The summed E-state index contributed by atoms with van der Waals surface area (Å²) in [6.07, 6.45) is 0. The summed E-state index contributed by atoms with van der Waals surface area (Å²) in [4.78, 5) is 17.2. The molecule has 0 aliphatic carbocycles. The Morgan fingerprint density at radius 1 is 1.14 bits per heavy atom. The van der Waals surface area contributed by atoms with Crippen LogP contribution in [-0.4, -0.2) is 16.3 Å². The van der Waals surface area contributed by atoms with Crippen LogP contribution in [0.5, 0.6) is 0 Å². The molecule has 0 radical (unpaired) electrons. The first kappa shape index (κ1) is 75.2. The van der Waals surface area contributed by atoms with Crippen LogP contribution in [0, 0.1) is 10.1 Å². The van der Waals surface area contributed by atoms with Gasteiger partial charge in [0, 0.05) is 5.97 Å². The predicted molar refractivity (Wildman–Crippen MR) is 45.9 cm³/mol. The van der Waals surface area contributed by atoms with Crippen molar-refractivity contribution in [3.63, 3.8) is 0 Å². The largest absolute Gasteiger partial charge is 3.00 e. The van der Waals surface area contributed by atoms with E-state index in [2.05, 4.69) is 0 Å². The summed E-state index contributed by atoms with van der Waals surface area (Å²) in [5.74, 6) is -1.08. The quantitative estimate of drug-likeness (QED) is 0.503. The van der Waals surface area contributed by atoms with Gasteiger partial charge in [0.25, 0.3) is 5.09 Å². The molecule has 0 atom stereocenters. The van der Waals surface area contributed by atoms with E-state index in [1.807, 2.05) is 0 Å². The number of nitrogens with two attached hydrogens (primary N) is 5. The molecule has 0 amide bonds. The van der Waals surface area contributed by atoms with Crippen LogP contribution in [0.3, 0.4) is 0 Å². The van der Waals surface area contributed by atoms with E-state index in [1.165, 1.54) is 0 Å². The van der Waals surface area contributed by atoms with Crippen LogP contribution in [0.2, 0.25) is 0 Å². The normalized spacial score (nSPS) is 3.50. The molecule has 0 saturated heterocycles. The van der Waals surface area contributed by atoms with E-state index in [4.69, 9.17) is 25.2 Å². The van der Waals surface area contributed by atoms with Crippen molar-refractivity contribution in [2.24, 2.45) is 0 Å². The van der Waals surface area contributed by atoms with Gasteiger partial charge in [0.2, 0.25) is 0 Å². The van der Waals surface area contributed by atoms with Gasteiger partial charge in [-0.05, 0) is 6.92 Å². The third-order valence-corrected chi connectivity index (χ3v) is 0. The second-order valence-electron chi connectivity index (χ2n) is 0.729. The minimum atomic E-state index is -1.50. The molecule has 0 aromatic rings. The van der Waals surface area contributed by atoms with E-state index in [1.54, 1.807) is 0 Å². The van der Waals surface area contributed by atoms with Crippen LogP contribution < -0.4 is 5.11 Å². The molecule has 11 N–H and O–H groups in total. The number of rotatable bonds is 0. The van der Waals surface area contributed by atoms with Gasteiger partial charge in [-0.3, -0.25) is 0 Å². The molecule has 0 fully saturated rings. The third-order valence-electron chi connectivity index (χ3n) is 0. The van der Waals surface area contributed by atoms with Crippen LogP contribution in [0.1, 0.15) is 6.92 Å². The SMILES string of the molecule is CC(=O)[O-].O=[N+]([O-])O.[Co+3].[NH2-].[NH2-].[NH2-].[NH2-].[NH2-]. The molecule has 0 bridgehead atoms. The van der Waals surface area contributed by atoms with Crippen molar-refractivity contribution >= 4 is 5.97 Å². The number of nitrogens with zero attached hydrogens (tertiary/aromatic N) is 1. The maximum absolute atomic E-state index is 8.89. The van der Waals surface area contributed by atoms with Crippen molar-refractivity contribution in [1.29, 1.82) is 0 Å². The van der Waals surface area contributed by atoms with Crippen molar-refractivity contribution in [2.75, 3.05) is 0 Å². The number of hydrogen-bond acceptors (Lipinski definition) is 4. The molecule has 0 spiro atoms. The maximum Gasteiger partial charge on any atom is 3.00 e. The molecule has 0 heterocycles. The number of carboxylic acids is 1. The van der Waals surface area contributed by atoms with Gasteiger partial charge in [-0.15, -0.1) is 10.1 Å². The summed E-state index contributed by atoms with van der Waals surface area (Å²) in [6.45, 7) is 0.972. The Balaban J connectivity index is -0.00000000600. The Morgan fingerprint density at radius 2 is 1.14 bits per heavy atom. The molecule has 0 aromatic carbocycles. The zero-order chi connectivity index (χ0) is 7.15. The van der Waals surface area contributed by atoms with E-state index in [0.717, 1.165) is 6.92 Å². The summed E-state index contributed by atoms with van der Waals surface area (Å²) >= 11 is 0. The zero-order valence-electron chi connectivity index (χ0n) is 7.25. The molecule has 12 heteroatoms. The molecule has 0 aromatic heterocycles. The van der Waals surface area contributed by atoms with Crippen LogP contribution in [0.15, 0.2) is 0 Å². The number of carbonyl (C=O) groups is 1. The first-order valence-corrected chi connectivity index (χ1v) is 1.47. The monoisotopic (exact) mass is 261 g/mol. The van der Waals surface area contributed by atoms with E-state index >= 15 is 0 Å². The van der Waals surface area contributed by atoms with E-state index in [9.17, 15) is 0 Å². The summed E-state index contributed by atoms with van der Waals surface area (Å²) < 4.78 is 0. The van der Waals surface area contributed by atoms with Crippen LogP contribution in [0.4, 0.5) is 0 Å².